The molecule has 0 amide bonds. The van der Waals surface area contributed by atoms with Crippen molar-refractivity contribution in [3.8, 4) is 0 Å². The van der Waals surface area contributed by atoms with Gasteiger partial charge in [0, 0.05) is 18.4 Å². The fourth-order valence-corrected chi connectivity index (χ4v) is 10.2. The first-order valence-electron chi connectivity index (χ1n) is 14.1. The van der Waals surface area contributed by atoms with Crippen molar-refractivity contribution in [3.05, 3.63) is 0 Å². The van der Waals surface area contributed by atoms with Crippen molar-refractivity contribution in [1.29, 1.82) is 0 Å². The molecule has 13 atom stereocenters. The van der Waals surface area contributed by atoms with Gasteiger partial charge >= 0.3 is 29.6 Å². The zero-order chi connectivity index (χ0) is 27.6. The molecule has 0 radical (unpaired) electrons. The van der Waals surface area contributed by atoms with Gasteiger partial charge in [-0.3, -0.25) is 4.18 Å². The molecule has 0 saturated heterocycles. The predicted molar refractivity (Wildman–Crippen MR) is 135 cm³/mol. The molecule has 4 fully saturated rings. The molecule has 9 nitrogen and oxygen atoms in total. The Morgan fingerprint density at radius 2 is 1.74 bits per heavy atom. The van der Waals surface area contributed by atoms with E-state index in [0.717, 1.165) is 25.7 Å². The summed E-state index contributed by atoms with van der Waals surface area (Å²) in [5.41, 5.74) is -2.59. The molecule has 4 rings (SSSR count). The number of hydrogen-bond donors (Lipinski definition) is 5. The van der Waals surface area contributed by atoms with Gasteiger partial charge in [0.2, 0.25) is 10.4 Å². The fourth-order valence-electron chi connectivity index (χ4n) is 9.65. The van der Waals surface area contributed by atoms with Crippen LogP contribution in [0.2, 0.25) is 0 Å². The van der Waals surface area contributed by atoms with E-state index in [2.05, 4.69) is 6.92 Å². The van der Waals surface area contributed by atoms with E-state index >= 15 is 0 Å². The molecule has 0 bridgehead atoms. The first-order chi connectivity index (χ1) is 17.1. The molecule has 0 aromatic carbocycles. The van der Waals surface area contributed by atoms with Crippen LogP contribution in [0.25, 0.3) is 0 Å². The minimum absolute atomic E-state index is 0. The summed E-state index contributed by atoms with van der Waals surface area (Å²) < 4.78 is 40.5. The zero-order valence-electron chi connectivity index (χ0n) is 23.6. The molecule has 0 spiro atoms. The van der Waals surface area contributed by atoms with Gasteiger partial charge in [-0.25, -0.2) is 8.42 Å². The second-order valence-corrected chi connectivity index (χ2v) is 14.5. The quantitative estimate of drug-likeness (QED) is 0.139. The maximum Gasteiger partial charge on any atom is 1.00 e. The van der Waals surface area contributed by atoms with Crippen LogP contribution in [0.5, 0.6) is 0 Å². The molecule has 5 N–H and O–H groups in total. The van der Waals surface area contributed by atoms with Crippen LogP contribution >= 0.6 is 0 Å². The van der Waals surface area contributed by atoms with Crippen molar-refractivity contribution in [2.45, 2.75) is 115 Å². The molecule has 4 aliphatic rings. The summed E-state index contributed by atoms with van der Waals surface area (Å²) in [6.07, 6.45) is 1.15. The van der Waals surface area contributed by atoms with Gasteiger partial charge in [-0.15, -0.1) is 0 Å². The molecule has 0 aromatic heterocycles. The van der Waals surface area contributed by atoms with Crippen LogP contribution in [-0.4, -0.2) is 75.1 Å². The van der Waals surface area contributed by atoms with Crippen LogP contribution in [0.15, 0.2) is 0 Å². The molecule has 38 heavy (non-hydrogen) atoms. The van der Waals surface area contributed by atoms with E-state index in [0.29, 0.717) is 19.3 Å². The molecule has 4 saturated carbocycles. The van der Waals surface area contributed by atoms with Gasteiger partial charge in [-0.1, -0.05) is 40.5 Å². The van der Waals surface area contributed by atoms with Crippen LogP contribution < -0.4 is 29.6 Å². The smallest absolute Gasteiger partial charge is 0.726 e. The second kappa shape index (κ2) is 11.7. The summed E-state index contributed by atoms with van der Waals surface area (Å²) in [5, 5.41) is 54.3. The van der Waals surface area contributed by atoms with Crippen molar-refractivity contribution in [2.24, 2.45) is 46.3 Å². The van der Waals surface area contributed by atoms with Crippen LogP contribution in [0.3, 0.4) is 0 Å². The van der Waals surface area contributed by atoms with Crippen LogP contribution in [0, 0.1) is 46.3 Å². The van der Waals surface area contributed by atoms with Crippen LogP contribution in [0.4, 0.5) is 0 Å². The van der Waals surface area contributed by atoms with Gasteiger partial charge in [0.25, 0.3) is 0 Å². The monoisotopic (exact) mass is 570 g/mol. The van der Waals surface area contributed by atoms with E-state index in [9.17, 15) is 38.5 Å². The van der Waals surface area contributed by atoms with Gasteiger partial charge in [0.05, 0.1) is 23.9 Å². The Balaban J connectivity index is 0.00000400. The number of aliphatic hydroxyl groups excluding tert-OH is 4. The van der Waals surface area contributed by atoms with Gasteiger partial charge < -0.3 is 30.1 Å². The topological polar surface area (TPSA) is 168 Å². The number of fused-ring (bicyclic) bond motifs is 5. The Morgan fingerprint density at radius 3 is 2.34 bits per heavy atom. The van der Waals surface area contributed by atoms with E-state index in [-0.39, 0.29) is 78.6 Å². The summed E-state index contributed by atoms with van der Waals surface area (Å²) in [4.78, 5) is 0. The normalized spacial score (nSPS) is 48.3. The number of rotatable bonds is 8. The third kappa shape index (κ3) is 5.55. The van der Waals surface area contributed by atoms with Crippen LogP contribution in [-0.2, 0) is 14.6 Å². The Hall–Kier alpha value is 0.670. The molecule has 4 aliphatic carbocycles. The van der Waals surface area contributed by atoms with Gasteiger partial charge in [0.1, 0.15) is 6.10 Å². The largest absolute Gasteiger partial charge is 1.00 e. The molecular weight excluding hydrogens is 523 g/mol. The number of hydrogen-bond acceptors (Lipinski definition) is 9. The standard InChI is InChI=1S/C27H48O9S.Na/c1-15(14-28)6-5-7-16(2)21-24(36-37(33,34)35)23(31)22-18-12-20(30)27(32)13-17(29)8-11-26(27,4)19(18)9-10-25(21,22)3;/h15-24,28-32H,5-14H2,1-4H3,(H,33,34,35);/q;+1/p-1/t15-,16+,17-,18+,19-,20+,21-,22+,23+,24+,25+,26+,27-;/m0./s1. The SMILES string of the molecule is C[C@H](CO)CCC[C@@H](C)[C@H]1[C@@H](OS(=O)(=O)[O-])[C@H](O)[C@H]2[C@@H]3C[C@@H](O)[C@@]4(O)C[C@@H](O)CC[C@]4(C)[C@H]3CC[C@]12C.[Na+]. The van der Waals surface area contributed by atoms with E-state index in [1.807, 2.05) is 20.8 Å². The summed E-state index contributed by atoms with van der Waals surface area (Å²) in [5.74, 6) is -0.859. The average molecular weight is 571 g/mol. The van der Waals surface area contributed by atoms with Crippen molar-refractivity contribution >= 4 is 10.4 Å². The van der Waals surface area contributed by atoms with Crippen LogP contribution in [0.1, 0.15) is 85.5 Å². The Bertz CT molecular complexity index is 936. The van der Waals surface area contributed by atoms with Gasteiger partial charge in [0.15, 0.2) is 0 Å². The van der Waals surface area contributed by atoms with Gasteiger partial charge in [-0.05, 0) is 79.4 Å². The minimum atomic E-state index is -5.06. The minimum Gasteiger partial charge on any atom is -0.726 e. The Labute approximate surface area is 250 Å². The molecule has 0 aromatic rings. The average Bonchev–Trinajstić information content (AvgIpc) is 3.01. The maximum absolute atomic E-state index is 11.8. The Kier molecular flexibility index (Phi) is 10.3. The summed E-state index contributed by atoms with van der Waals surface area (Å²) in [7, 11) is -5.06. The van der Waals surface area contributed by atoms with E-state index < -0.39 is 57.2 Å². The Morgan fingerprint density at radius 1 is 1.08 bits per heavy atom. The first-order valence-corrected chi connectivity index (χ1v) is 15.4. The molecule has 0 heterocycles. The third-order valence-corrected chi connectivity index (χ3v) is 11.9. The number of aliphatic hydroxyl groups is 5. The van der Waals surface area contributed by atoms with E-state index in [1.165, 1.54) is 0 Å². The fraction of sp³-hybridized carbons (Fsp3) is 1.00. The maximum atomic E-state index is 11.8. The third-order valence-electron chi connectivity index (χ3n) is 11.5. The molecule has 11 heteroatoms. The molecule has 0 unspecified atom stereocenters. The summed E-state index contributed by atoms with van der Waals surface area (Å²) >= 11 is 0. The molecule has 216 valence electrons. The summed E-state index contributed by atoms with van der Waals surface area (Å²) in [6, 6.07) is 0. The molecule has 0 aliphatic heterocycles. The van der Waals surface area contributed by atoms with E-state index in [1.54, 1.807) is 0 Å². The second-order valence-electron chi connectivity index (χ2n) is 13.5. The van der Waals surface area contributed by atoms with Crippen molar-refractivity contribution < 1.29 is 72.2 Å². The van der Waals surface area contributed by atoms with Crippen molar-refractivity contribution in [2.75, 3.05) is 6.61 Å². The van der Waals surface area contributed by atoms with Crippen molar-refractivity contribution in [1.82, 2.24) is 0 Å². The zero-order valence-corrected chi connectivity index (χ0v) is 26.4. The van der Waals surface area contributed by atoms with E-state index in [4.69, 9.17) is 4.18 Å². The first kappa shape index (κ1) is 33.2. The molecular formula is C27H47NaO9S. The van der Waals surface area contributed by atoms with Crippen molar-refractivity contribution in [3.63, 3.8) is 0 Å². The summed E-state index contributed by atoms with van der Waals surface area (Å²) in [6.45, 7) is 8.15. The van der Waals surface area contributed by atoms with Gasteiger partial charge in [-0.2, -0.15) is 0 Å². The predicted octanol–water partition coefficient (Wildman–Crippen LogP) is -1.04.